The SMILES string of the molecule is CC(C)C1(Cc2ccccc2)OS(=O)(=O)CC1=O. The largest absolute Gasteiger partial charge is 0.295 e. The number of carbonyl (C=O) groups is 1. The number of rotatable bonds is 3. The summed E-state index contributed by atoms with van der Waals surface area (Å²) in [6.45, 7) is 3.61. The highest BCUT2D eigenvalue weighted by Crippen LogP contribution is 2.35. The van der Waals surface area contributed by atoms with Gasteiger partial charge in [-0.1, -0.05) is 44.2 Å². The summed E-state index contributed by atoms with van der Waals surface area (Å²) in [7, 11) is -3.72. The maximum atomic E-state index is 12.1. The molecule has 1 heterocycles. The van der Waals surface area contributed by atoms with Crippen LogP contribution in [0.15, 0.2) is 30.3 Å². The third-order valence-corrected chi connectivity index (χ3v) is 4.46. The zero-order chi connectivity index (χ0) is 13.4. The molecule has 18 heavy (non-hydrogen) atoms. The van der Waals surface area contributed by atoms with E-state index in [0.717, 1.165) is 5.56 Å². The molecule has 98 valence electrons. The summed E-state index contributed by atoms with van der Waals surface area (Å²) >= 11 is 0. The second-order valence-electron chi connectivity index (χ2n) is 4.92. The fourth-order valence-electron chi connectivity index (χ4n) is 2.23. The molecule has 0 radical (unpaired) electrons. The van der Waals surface area contributed by atoms with Crippen molar-refractivity contribution in [3.05, 3.63) is 35.9 Å². The fraction of sp³-hybridized carbons (Fsp3) is 0.462. The Morgan fingerprint density at radius 2 is 1.89 bits per heavy atom. The zero-order valence-corrected chi connectivity index (χ0v) is 11.2. The summed E-state index contributed by atoms with van der Waals surface area (Å²) < 4.78 is 28.2. The fourth-order valence-corrected chi connectivity index (χ4v) is 3.66. The predicted molar refractivity (Wildman–Crippen MR) is 67.6 cm³/mol. The second kappa shape index (κ2) is 4.48. The molecule has 5 heteroatoms. The van der Waals surface area contributed by atoms with Crippen molar-refractivity contribution in [1.29, 1.82) is 0 Å². The molecule has 0 saturated carbocycles. The highest BCUT2D eigenvalue weighted by Gasteiger charge is 2.53. The molecule has 1 aromatic carbocycles. The number of Topliss-reactive ketones (excluding diaryl/α,β-unsaturated/α-hetero) is 1. The Balaban J connectivity index is 2.38. The van der Waals surface area contributed by atoms with Crippen LogP contribution >= 0.6 is 0 Å². The Labute approximate surface area is 107 Å². The summed E-state index contributed by atoms with van der Waals surface area (Å²) in [5.41, 5.74) is -0.336. The van der Waals surface area contributed by atoms with E-state index in [9.17, 15) is 13.2 Å². The van der Waals surface area contributed by atoms with Crippen molar-refractivity contribution in [3.8, 4) is 0 Å². The average Bonchev–Trinajstić information content (AvgIpc) is 2.51. The van der Waals surface area contributed by atoms with Gasteiger partial charge in [0.05, 0.1) is 0 Å². The van der Waals surface area contributed by atoms with Gasteiger partial charge in [-0.05, 0) is 11.5 Å². The number of hydrogen-bond donors (Lipinski definition) is 0. The van der Waals surface area contributed by atoms with Gasteiger partial charge in [-0.25, -0.2) is 0 Å². The van der Waals surface area contributed by atoms with Crippen molar-refractivity contribution in [1.82, 2.24) is 0 Å². The normalized spacial score (nSPS) is 26.7. The molecule has 4 nitrogen and oxygen atoms in total. The second-order valence-corrected chi connectivity index (χ2v) is 6.49. The minimum absolute atomic E-state index is 0.192. The molecule has 1 aliphatic rings. The Kier molecular flexibility index (Phi) is 3.29. The highest BCUT2D eigenvalue weighted by atomic mass is 32.2. The number of ketones is 1. The number of carbonyl (C=O) groups excluding carboxylic acids is 1. The van der Waals surface area contributed by atoms with Gasteiger partial charge in [0, 0.05) is 6.42 Å². The van der Waals surface area contributed by atoms with Gasteiger partial charge in [0.2, 0.25) is 0 Å². The van der Waals surface area contributed by atoms with Crippen LogP contribution in [-0.4, -0.2) is 25.6 Å². The van der Waals surface area contributed by atoms with Crippen LogP contribution in [0.5, 0.6) is 0 Å². The van der Waals surface area contributed by atoms with Crippen LogP contribution in [-0.2, 0) is 25.5 Å². The van der Waals surface area contributed by atoms with Crippen LogP contribution in [0.25, 0.3) is 0 Å². The van der Waals surface area contributed by atoms with Crippen molar-refractivity contribution in [3.63, 3.8) is 0 Å². The Morgan fingerprint density at radius 3 is 2.33 bits per heavy atom. The third-order valence-electron chi connectivity index (χ3n) is 3.30. The monoisotopic (exact) mass is 268 g/mol. The van der Waals surface area contributed by atoms with Gasteiger partial charge >= 0.3 is 0 Å². The molecule has 0 amide bonds. The van der Waals surface area contributed by atoms with E-state index in [-0.39, 0.29) is 11.7 Å². The van der Waals surface area contributed by atoms with E-state index in [2.05, 4.69) is 0 Å². The maximum Gasteiger partial charge on any atom is 0.275 e. The van der Waals surface area contributed by atoms with Crippen LogP contribution in [0.3, 0.4) is 0 Å². The minimum atomic E-state index is -3.72. The van der Waals surface area contributed by atoms with Crippen molar-refractivity contribution >= 4 is 15.9 Å². The predicted octanol–water partition coefficient (Wildman–Crippen LogP) is 1.55. The van der Waals surface area contributed by atoms with Crippen LogP contribution in [0.1, 0.15) is 19.4 Å². The van der Waals surface area contributed by atoms with Crippen molar-refractivity contribution in [2.45, 2.75) is 25.9 Å². The van der Waals surface area contributed by atoms with E-state index in [1.165, 1.54) is 0 Å². The van der Waals surface area contributed by atoms with Crippen LogP contribution in [0, 0.1) is 5.92 Å². The number of benzene rings is 1. The lowest BCUT2D eigenvalue weighted by Crippen LogP contribution is -2.44. The molecule has 0 spiro atoms. The first kappa shape index (κ1) is 13.2. The van der Waals surface area contributed by atoms with Gasteiger partial charge in [-0.2, -0.15) is 8.42 Å². The molecule has 1 aliphatic heterocycles. The van der Waals surface area contributed by atoms with E-state index in [4.69, 9.17) is 4.18 Å². The van der Waals surface area contributed by atoms with Crippen molar-refractivity contribution in [2.75, 3.05) is 5.75 Å². The molecule has 1 fully saturated rings. The van der Waals surface area contributed by atoms with Crippen LogP contribution in [0.2, 0.25) is 0 Å². The van der Waals surface area contributed by atoms with Gasteiger partial charge in [-0.15, -0.1) is 0 Å². The summed E-state index contributed by atoms with van der Waals surface area (Å²) in [4.78, 5) is 12.1. The summed E-state index contributed by atoms with van der Waals surface area (Å²) in [6, 6.07) is 9.33. The summed E-state index contributed by atoms with van der Waals surface area (Å²) in [6.07, 6.45) is 0.295. The Morgan fingerprint density at radius 1 is 1.28 bits per heavy atom. The first-order valence-corrected chi connectivity index (χ1v) is 7.44. The first-order chi connectivity index (χ1) is 8.36. The van der Waals surface area contributed by atoms with E-state index in [1.54, 1.807) is 0 Å². The maximum absolute atomic E-state index is 12.1. The average molecular weight is 268 g/mol. The van der Waals surface area contributed by atoms with Gasteiger partial charge in [0.25, 0.3) is 10.1 Å². The molecular weight excluding hydrogens is 252 g/mol. The highest BCUT2D eigenvalue weighted by molar-refractivity contribution is 7.88. The topological polar surface area (TPSA) is 60.4 Å². The van der Waals surface area contributed by atoms with Crippen LogP contribution in [0.4, 0.5) is 0 Å². The van der Waals surface area contributed by atoms with Crippen LogP contribution < -0.4 is 0 Å². The summed E-state index contributed by atoms with van der Waals surface area (Å²) in [5, 5.41) is 0. The van der Waals surface area contributed by atoms with Gasteiger partial charge in [0.15, 0.2) is 11.4 Å². The molecule has 1 unspecified atom stereocenters. The van der Waals surface area contributed by atoms with E-state index >= 15 is 0 Å². The molecule has 1 saturated heterocycles. The summed E-state index contributed by atoms with van der Waals surface area (Å²) in [5.74, 6) is -1.05. The molecule has 1 aromatic rings. The Bertz CT molecular complexity index is 548. The van der Waals surface area contributed by atoms with E-state index in [0.29, 0.717) is 6.42 Å². The standard InChI is InChI=1S/C13H16O4S/c1-10(2)13(8-11-6-4-3-5-7-11)12(14)9-18(15,16)17-13/h3-7,10H,8-9H2,1-2H3. The first-order valence-electron chi connectivity index (χ1n) is 5.86. The molecule has 0 aliphatic carbocycles. The molecule has 1 atom stereocenters. The quantitative estimate of drug-likeness (QED) is 0.780. The number of hydrogen-bond acceptors (Lipinski definition) is 4. The van der Waals surface area contributed by atoms with E-state index < -0.39 is 21.5 Å². The minimum Gasteiger partial charge on any atom is -0.295 e. The molecule has 0 N–H and O–H groups in total. The van der Waals surface area contributed by atoms with Gasteiger partial charge in [-0.3, -0.25) is 8.98 Å². The molecule has 0 bridgehead atoms. The smallest absolute Gasteiger partial charge is 0.275 e. The molecule has 2 rings (SSSR count). The van der Waals surface area contributed by atoms with Crippen molar-refractivity contribution in [2.24, 2.45) is 5.92 Å². The third kappa shape index (κ3) is 2.33. The van der Waals surface area contributed by atoms with E-state index in [1.807, 2.05) is 44.2 Å². The molecule has 0 aromatic heterocycles. The van der Waals surface area contributed by atoms with Crippen molar-refractivity contribution < 1.29 is 17.4 Å². The lowest BCUT2D eigenvalue weighted by atomic mass is 9.81. The zero-order valence-electron chi connectivity index (χ0n) is 10.4. The molecular formula is C13H16O4S. The van der Waals surface area contributed by atoms with Gasteiger partial charge < -0.3 is 0 Å². The Hall–Kier alpha value is -1.20. The lowest BCUT2D eigenvalue weighted by Gasteiger charge is -2.29. The van der Waals surface area contributed by atoms with Gasteiger partial charge in [0.1, 0.15) is 5.75 Å². The lowest BCUT2D eigenvalue weighted by molar-refractivity contribution is -0.131.